The molecule has 0 spiro atoms. The molecule has 8 nitrogen and oxygen atoms in total. The molecule has 1 N–H and O–H groups in total. The Labute approximate surface area is 236 Å². The first-order valence-corrected chi connectivity index (χ1v) is 15.0. The topological polar surface area (TPSA) is 79.5 Å². The van der Waals surface area contributed by atoms with Crippen molar-refractivity contribution >= 4 is 27.9 Å². The number of anilines is 1. The molecule has 3 aliphatic rings. The second-order valence-electron chi connectivity index (χ2n) is 12.4. The molecule has 2 aromatic heterocycles. The Balaban J connectivity index is 1.29. The van der Waals surface area contributed by atoms with Gasteiger partial charge in [0.05, 0.1) is 24.0 Å². The van der Waals surface area contributed by atoms with Gasteiger partial charge in [-0.2, -0.15) is 9.97 Å². The molecule has 8 heteroatoms. The predicted molar refractivity (Wildman–Crippen MR) is 158 cm³/mol. The highest BCUT2D eigenvalue weighted by Gasteiger charge is 2.45. The summed E-state index contributed by atoms with van der Waals surface area (Å²) >= 11 is 0. The van der Waals surface area contributed by atoms with Crippen molar-refractivity contribution in [3.63, 3.8) is 0 Å². The molecule has 0 bridgehead atoms. The van der Waals surface area contributed by atoms with E-state index < -0.39 is 5.60 Å². The van der Waals surface area contributed by atoms with Crippen LogP contribution in [0.2, 0.25) is 0 Å². The zero-order valence-electron chi connectivity index (χ0n) is 23.8. The number of nitrogens with zero attached hydrogens (tertiary/aromatic N) is 6. The van der Waals surface area contributed by atoms with E-state index in [4.69, 9.17) is 19.7 Å². The zero-order valence-corrected chi connectivity index (χ0v) is 23.8. The highest BCUT2D eigenvalue weighted by molar-refractivity contribution is 5.89. The van der Waals surface area contributed by atoms with E-state index in [-0.39, 0.29) is 5.54 Å². The summed E-state index contributed by atoms with van der Waals surface area (Å²) in [7, 11) is 0. The molecular formula is C32H40N6O2. The maximum Gasteiger partial charge on any atom is 0.247 e. The van der Waals surface area contributed by atoms with E-state index in [1.165, 1.54) is 47.6 Å². The van der Waals surface area contributed by atoms with Crippen molar-refractivity contribution in [2.75, 3.05) is 37.7 Å². The minimum Gasteiger partial charge on any atom is -0.474 e. The number of aliphatic hydroxyl groups is 1. The Morgan fingerprint density at radius 2 is 1.70 bits per heavy atom. The van der Waals surface area contributed by atoms with E-state index in [1.54, 1.807) is 0 Å². The average Bonchev–Trinajstić information content (AvgIpc) is 3.65. The largest absolute Gasteiger partial charge is 0.474 e. The Hall–Kier alpha value is -3.23. The van der Waals surface area contributed by atoms with Crippen molar-refractivity contribution < 1.29 is 9.84 Å². The number of hydrogen-bond acceptors (Lipinski definition) is 7. The third-order valence-electron chi connectivity index (χ3n) is 9.47. The molecule has 3 fully saturated rings. The van der Waals surface area contributed by atoms with Crippen LogP contribution in [0.15, 0.2) is 42.7 Å². The van der Waals surface area contributed by atoms with Gasteiger partial charge in [-0.15, -0.1) is 0 Å². The number of aryl methyl sites for hydroxylation is 1. The fourth-order valence-corrected chi connectivity index (χ4v) is 7.43. The van der Waals surface area contributed by atoms with E-state index >= 15 is 0 Å². The van der Waals surface area contributed by atoms with E-state index in [9.17, 15) is 5.11 Å². The van der Waals surface area contributed by atoms with Crippen molar-refractivity contribution in [1.82, 2.24) is 24.4 Å². The molecule has 0 aliphatic carbocycles. The first kappa shape index (κ1) is 25.7. The average molecular weight is 541 g/mol. The number of rotatable bonds is 7. The summed E-state index contributed by atoms with van der Waals surface area (Å²) in [6, 6.07) is 13.1. The first-order valence-electron chi connectivity index (χ1n) is 15.0. The summed E-state index contributed by atoms with van der Waals surface area (Å²) in [5.41, 5.74) is 3.46. The summed E-state index contributed by atoms with van der Waals surface area (Å²) < 4.78 is 8.74. The molecule has 2 aromatic carbocycles. The standard InChI is InChI=1S/C32H40N6O2/c1-3-23-9-4-10-24-11-5-12-25(26(23)24)19-37-22-33-27-28(37)34-30(36-16-6-13-31(2,39)20-36)35-29(27)40-21-32-14-7-17-38(32)18-8-15-32/h4-5,9-12,22,39H,3,6-8,13-21H2,1-2H3. The number of benzene rings is 2. The number of fused-ring (bicyclic) bond motifs is 3. The van der Waals surface area contributed by atoms with E-state index in [1.807, 2.05) is 13.3 Å². The van der Waals surface area contributed by atoms with Crippen molar-refractivity contribution in [3.8, 4) is 5.88 Å². The molecule has 7 rings (SSSR count). The Bertz CT molecular complexity index is 1530. The number of hydrogen-bond donors (Lipinski definition) is 1. The van der Waals surface area contributed by atoms with Gasteiger partial charge in [-0.1, -0.05) is 43.3 Å². The minimum absolute atomic E-state index is 0.119. The third kappa shape index (κ3) is 4.51. The Morgan fingerprint density at radius 3 is 2.45 bits per heavy atom. The van der Waals surface area contributed by atoms with Crippen LogP contribution in [0, 0.1) is 0 Å². The lowest BCUT2D eigenvalue weighted by Gasteiger charge is -2.37. The summed E-state index contributed by atoms with van der Waals surface area (Å²) in [5.74, 6) is 1.17. The minimum atomic E-state index is -0.759. The van der Waals surface area contributed by atoms with Gasteiger partial charge in [-0.05, 0) is 86.9 Å². The molecule has 0 saturated carbocycles. The van der Waals surface area contributed by atoms with Gasteiger partial charge < -0.3 is 19.3 Å². The van der Waals surface area contributed by atoms with E-state index in [2.05, 4.69) is 57.7 Å². The van der Waals surface area contributed by atoms with Crippen LogP contribution in [-0.4, -0.2) is 73.5 Å². The van der Waals surface area contributed by atoms with Gasteiger partial charge in [0.1, 0.15) is 6.61 Å². The number of β-amino-alcohol motifs (C(OH)–C–C–N with tert-alkyl or cyclic N) is 1. The molecule has 40 heavy (non-hydrogen) atoms. The maximum absolute atomic E-state index is 10.8. The predicted octanol–water partition coefficient (Wildman–Crippen LogP) is 4.95. The van der Waals surface area contributed by atoms with Crippen LogP contribution in [-0.2, 0) is 13.0 Å². The van der Waals surface area contributed by atoms with Crippen molar-refractivity contribution in [2.24, 2.45) is 0 Å². The molecule has 0 radical (unpaired) electrons. The lowest BCUT2D eigenvalue weighted by molar-refractivity contribution is 0.0444. The summed E-state index contributed by atoms with van der Waals surface area (Å²) in [6.07, 6.45) is 9.37. The van der Waals surface area contributed by atoms with Gasteiger partial charge in [0, 0.05) is 13.1 Å². The van der Waals surface area contributed by atoms with Crippen LogP contribution in [0.3, 0.4) is 0 Å². The lowest BCUT2D eigenvalue weighted by atomic mass is 9.95. The summed E-state index contributed by atoms with van der Waals surface area (Å²) in [6.45, 7) is 9.06. The van der Waals surface area contributed by atoms with Crippen LogP contribution in [0.4, 0.5) is 5.95 Å². The zero-order chi connectivity index (χ0) is 27.3. The number of aromatic nitrogens is 4. The van der Waals surface area contributed by atoms with Gasteiger partial charge >= 0.3 is 0 Å². The van der Waals surface area contributed by atoms with Crippen LogP contribution in [0.25, 0.3) is 21.9 Å². The van der Waals surface area contributed by atoms with Crippen LogP contribution in [0.5, 0.6) is 5.88 Å². The fourth-order valence-electron chi connectivity index (χ4n) is 7.43. The number of imidazole rings is 1. The van der Waals surface area contributed by atoms with E-state index in [0.717, 1.165) is 44.5 Å². The number of piperidine rings is 1. The maximum atomic E-state index is 10.8. The fraction of sp³-hybridized carbons (Fsp3) is 0.531. The van der Waals surface area contributed by atoms with Gasteiger partial charge in [0.25, 0.3) is 0 Å². The van der Waals surface area contributed by atoms with Gasteiger partial charge in [-0.25, -0.2) is 4.98 Å². The SMILES string of the molecule is CCc1cccc2cccc(Cn3cnc4c(OCC56CCCN5CCC6)nc(N5CCCC(C)(O)C5)nc43)c12. The highest BCUT2D eigenvalue weighted by atomic mass is 16.5. The lowest BCUT2D eigenvalue weighted by Crippen LogP contribution is -2.47. The van der Waals surface area contributed by atoms with Crippen LogP contribution < -0.4 is 9.64 Å². The quantitative estimate of drug-likeness (QED) is 0.355. The molecule has 4 aromatic rings. The summed E-state index contributed by atoms with van der Waals surface area (Å²) in [5, 5.41) is 13.4. The Morgan fingerprint density at radius 1 is 0.950 bits per heavy atom. The van der Waals surface area contributed by atoms with E-state index in [0.29, 0.717) is 37.0 Å². The Kier molecular flexibility index (Phi) is 6.43. The molecule has 5 heterocycles. The van der Waals surface area contributed by atoms with Crippen molar-refractivity contribution in [2.45, 2.75) is 76.5 Å². The second-order valence-corrected chi connectivity index (χ2v) is 12.4. The first-order chi connectivity index (χ1) is 19.4. The number of ether oxygens (including phenoxy) is 1. The molecule has 3 aliphatic heterocycles. The summed E-state index contributed by atoms with van der Waals surface area (Å²) in [4.78, 5) is 19.5. The third-order valence-corrected chi connectivity index (χ3v) is 9.47. The van der Waals surface area contributed by atoms with Gasteiger partial charge in [0.15, 0.2) is 11.2 Å². The normalized spacial score (nSPS) is 22.8. The smallest absolute Gasteiger partial charge is 0.247 e. The van der Waals surface area contributed by atoms with Gasteiger partial charge in [0.2, 0.25) is 11.8 Å². The van der Waals surface area contributed by atoms with Crippen LogP contribution >= 0.6 is 0 Å². The van der Waals surface area contributed by atoms with Crippen molar-refractivity contribution in [1.29, 1.82) is 0 Å². The highest BCUT2D eigenvalue weighted by Crippen LogP contribution is 2.40. The molecule has 210 valence electrons. The second kappa shape index (κ2) is 10.00. The van der Waals surface area contributed by atoms with Crippen molar-refractivity contribution in [3.05, 3.63) is 53.9 Å². The molecule has 3 saturated heterocycles. The molecule has 1 unspecified atom stereocenters. The molecular weight excluding hydrogens is 500 g/mol. The van der Waals surface area contributed by atoms with Crippen LogP contribution in [0.1, 0.15) is 63.5 Å². The molecule has 0 amide bonds. The van der Waals surface area contributed by atoms with Gasteiger partial charge in [-0.3, -0.25) is 4.90 Å². The molecule has 1 atom stereocenters. The monoisotopic (exact) mass is 540 g/mol.